The Kier molecular flexibility index (Phi) is 8.89. The molecule has 15 rings (SSSR count). The van der Waals surface area contributed by atoms with Crippen LogP contribution in [0.3, 0.4) is 0 Å². The van der Waals surface area contributed by atoms with E-state index in [9.17, 15) is 0 Å². The van der Waals surface area contributed by atoms with Gasteiger partial charge in [0.25, 0.3) is 0 Å². The van der Waals surface area contributed by atoms with Gasteiger partial charge in [0.15, 0.2) is 17.5 Å². The van der Waals surface area contributed by atoms with Crippen LogP contribution in [0.2, 0.25) is 0 Å². The van der Waals surface area contributed by atoms with E-state index in [2.05, 4.69) is 221 Å². The van der Waals surface area contributed by atoms with Gasteiger partial charge in [-0.1, -0.05) is 188 Å². The Balaban J connectivity index is 0.942. The summed E-state index contributed by atoms with van der Waals surface area (Å²) in [5, 5.41) is 14.5. The van der Waals surface area contributed by atoms with Crippen molar-refractivity contribution in [2.45, 2.75) is 0 Å². The van der Waals surface area contributed by atoms with E-state index < -0.39 is 0 Å². The molecule has 72 heavy (non-hydrogen) atoms. The molecule has 3 aromatic heterocycles. The van der Waals surface area contributed by atoms with Crippen molar-refractivity contribution in [2.24, 2.45) is 0 Å². The maximum Gasteiger partial charge on any atom is 0.164 e. The first-order valence-corrected chi connectivity index (χ1v) is 24.5. The van der Waals surface area contributed by atoms with Crippen molar-refractivity contribution in [1.29, 1.82) is 0 Å². The zero-order chi connectivity index (χ0) is 47.3. The predicted octanol–water partition coefficient (Wildman–Crippen LogP) is 17.3. The minimum Gasteiger partial charge on any atom is -0.309 e. The lowest BCUT2D eigenvalue weighted by molar-refractivity contribution is 1.07. The third-order valence-electron chi connectivity index (χ3n) is 14.7. The lowest BCUT2D eigenvalue weighted by atomic mass is 9.92. The van der Waals surface area contributed by atoms with E-state index >= 15 is 0 Å². The quantitative estimate of drug-likeness (QED) is 0.156. The van der Waals surface area contributed by atoms with Crippen LogP contribution in [0.15, 0.2) is 249 Å². The molecule has 3 heterocycles. The summed E-state index contributed by atoms with van der Waals surface area (Å²) in [7, 11) is 0. The Bertz CT molecular complexity index is 4580. The van der Waals surface area contributed by atoms with E-state index in [-0.39, 0.29) is 0 Å². The monoisotopic (exact) mass is 915 g/mol. The standard InChI is InChI=1S/C67H41N5/c1-4-18-43(19-5-1)65-68-66(44-20-6-2-7-21-44)70-67(69-65)47-31-35-51-54-28-16-30-61(64(54)53-27-13-12-25-50(53)55(51)41-47)72-60-37-34-46(40-57(60)63-49-24-11-10-17-42(49)32-38-62(63)72)45-33-36-59-56(39-45)52-26-14-15-29-58(52)71(59)48-22-8-3-9-23-48/h1-41H. The molecule has 0 aliphatic heterocycles. The Morgan fingerprint density at radius 2 is 0.722 bits per heavy atom. The summed E-state index contributed by atoms with van der Waals surface area (Å²) in [5.41, 5.74) is 12.2. The Labute approximate surface area is 414 Å². The van der Waals surface area contributed by atoms with Crippen LogP contribution >= 0.6 is 0 Å². The summed E-state index contributed by atoms with van der Waals surface area (Å²) in [5.74, 6) is 1.93. The molecule has 0 bridgehead atoms. The van der Waals surface area contributed by atoms with Crippen molar-refractivity contribution in [3.8, 4) is 56.7 Å². The fourth-order valence-corrected chi connectivity index (χ4v) is 11.5. The molecule has 0 amide bonds. The van der Waals surface area contributed by atoms with Gasteiger partial charge in [-0.2, -0.15) is 0 Å². The van der Waals surface area contributed by atoms with Gasteiger partial charge in [-0.15, -0.1) is 0 Å². The van der Waals surface area contributed by atoms with E-state index in [1.807, 2.05) is 36.4 Å². The highest BCUT2D eigenvalue weighted by atomic mass is 15.0. The number of hydrogen-bond donors (Lipinski definition) is 0. The van der Waals surface area contributed by atoms with E-state index in [1.54, 1.807) is 0 Å². The first-order chi connectivity index (χ1) is 35.7. The molecule has 334 valence electrons. The van der Waals surface area contributed by atoms with E-state index in [0.29, 0.717) is 17.5 Å². The molecular weight excluding hydrogens is 875 g/mol. The molecule has 5 heteroatoms. The van der Waals surface area contributed by atoms with Crippen LogP contribution in [0.25, 0.3) is 143 Å². The summed E-state index contributed by atoms with van der Waals surface area (Å²) in [4.78, 5) is 15.2. The fraction of sp³-hybridized carbons (Fsp3) is 0. The smallest absolute Gasteiger partial charge is 0.164 e. The van der Waals surface area contributed by atoms with Gasteiger partial charge >= 0.3 is 0 Å². The Hall–Kier alpha value is -9.71. The molecule has 0 radical (unpaired) electrons. The molecule has 0 N–H and O–H groups in total. The van der Waals surface area contributed by atoms with Crippen LogP contribution in [0, 0.1) is 0 Å². The average molecular weight is 916 g/mol. The third kappa shape index (κ3) is 6.17. The Morgan fingerprint density at radius 3 is 1.43 bits per heavy atom. The first-order valence-electron chi connectivity index (χ1n) is 24.5. The molecule has 0 unspecified atom stereocenters. The van der Waals surface area contributed by atoms with Crippen molar-refractivity contribution in [2.75, 3.05) is 0 Å². The van der Waals surface area contributed by atoms with Crippen molar-refractivity contribution in [3.63, 3.8) is 0 Å². The van der Waals surface area contributed by atoms with Gasteiger partial charge in [0.05, 0.1) is 27.8 Å². The van der Waals surface area contributed by atoms with Crippen LogP contribution in [0.5, 0.6) is 0 Å². The molecule has 0 saturated carbocycles. The molecule has 15 aromatic rings. The molecule has 0 fully saturated rings. The second-order valence-electron chi connectivity index (χ2n) is 18.7. The first kappa shape index (κ1) is 40.2. The minimum absolute atomic E-state index is 0.637. The van der Waals surface area contributed by atoms with Crippen molar-refractivity contribution < 1.29 is 0 Å². The van der Waals surface area contributed by atoms with E-state index in [0.717, 1.165) is 39.0 Å². The predicted molar refractivity (Wildman–Crippen MR) is 300 cm³/mol. The summed E-state index contributed by atoms with van der Waals surface area (Å²) in [6.45, 7) is 0. The van der Waals surface area contributed by atoms with Crippen LogP contribution in [-0.4, -0.2) is 24.1 Å². The van der Waals surface area contributed by atoms with Crippen LogP contribution in [0.1, 0.15) is 0 Å². The topological polar surface area (TPSA) is 48.5 Å². The lowest BCUT2D eigenvalue weighted by Crippen LogP contribution is -2.00. The maximum atomic E-state index is 5.11. The van der Waals surface area contributed by atoms with E-state index in [1.165, 1.54) is 86.9 Å². The molecule has 12 aromatic carbocycles. The van der Waals surface area contributed by atoms with Crippen molar-refractivity contribution in [1.82, 2.24) is 24.1 Å². The molecule has 0 aliphatic carbocycles. The third-order valence-corrected chi connectivity index (χ3v) is 14.7. The molecular formula is C67H41N5. The van der Waals surface area contributed by atoms with Crippen LogP contribution in [0.4, 0.5) is 0 Å². The number of rotatable bonds is 6. The highest BCUT2D eigenvalue weighted by Crippen LogP contribution is 2.45. The molecule has 5 nitrogen and oxygen atoms in total. The van der Waals surface area contributed by atoms with Gasteiger partial charge in [0.2, 0.25) is 0 Å². The summed E-state index contributed by atoms with van der Waals surface area (Å²) >= 11 is 0. The zero-order valence-electron chi connectivity index (χ0n) is 38.9. The van der Waals surface area contributed by atoms with Crippen LogP contribution in [-0.2, 0) is 0 Å². The van der Waals surface area contributed by atoms with Gasteiger partial charge in [-0.05, 0) is 109 Å². The van der Waals surface area contributed by atoms with E-state index in [4.69, 9.17) is 15.0 Å². The largest absolute Gasteiger partial charge is 0.309 e. The van der Waals surface area contributed by atoms with Crippen LogP contribution < -0.4 is 0 Å². The summed E-state index contributed by atoms with van der Waals surface area (Å²) < 4.78 is 4.89. The Morgan fingerprint density at radius 1 is 0.236 bits per heavy atom. The molecule has 0 aliphatic rings. The fourth-order valence-electron chi connectivity index (χ4n) is 11.5. The molecule has 0 saturated heterocycles. The summed E-state index contributed by atoms with van der Waals surface area (Å²) in [6.07, 6.45) is 0. The summed E-state index contributed by atoms with van der Waals surface area (Å²) in [6, 6.07) is 89.6. The van der Waals surface area contributed by atoms with Crippen molar-refractivity contribution in [3.05, 3.63) is 249 Å². The number of hydrogen-bond acceptors (Lipinski definition) is 3. The van der Waals surface area contributed by atoms with Gasteiger partial charge in [0.1, 0.15) is 0 Å². The number of para-hydroxylation sites is 2. The number of aromatic nitrogens is 5. The highest BCUT2D eigenvalue weighted by Gasteiger charge is 2.22. The van der Waals surface area contributed by atoms with Gasteiger partial charge < -0.3 is 9.13 Å². The lowest BCUT2D eigenvalue weighted by Gasteiger charge is -2.17. The second kappa shape index (κ2) is 15.9. The van der Waals surface area contributed by atoms with Gasteiger partial charge in [0, 0.05) is 49.3 Å². The minimum atomic E-state index is 0.637. The highest BCUT2D eigenvalue weighted by molar-refractivity contribution is 6.29. The number of fused-ring (bicyclic) bond motifs is 14. The number of nitrogens with zero attached hydrogens (tertiary/aromatic N) is 5. The molecule has 0 spiro atoms. The maximum absolute atomic E-state index is 5.11. The van der Waals surface area contributed by atoms with Crippen molar-refractivity contribution >= 4 is 86.7 Å². The van der Waals surface area contributed by atoms with Gasteiger partial charge in [-0.3, -0.25) is 0 Å². The normalized spacial score (nSPS) is 11.9. The SMILES string of the molecule is c1ccc(-c2nc(-c3ccccc3)nc(-c3ccc4c(c3)c3ccccc3c3c(-n5c6ccc(-c7ccc8c(c7)c7ccccc7n8-c7ccccc7)cc6c6c7ccccc7ccc65)cccc43)n2)cc1. The average Bonchev–Trinajstić information content (AvgIpc) is 3.98. The second-order valence-corrected chi connectivity index (χ2v) is 18.7. The zero-order valence-corrected chi connectivity index (χ0v) is 38.9. The number of benzene rings is 12. The van der Waals surface area contributed by atoms with Gasteiger partial charge in [-0.25, -0.2) is 15.0 Å². The molecule has 0 atom stereocenters.